The van der Waals surface area contributed by atoms with Crippen LogP contribution >= 0.6 is 24.0 Å². The van der Waals surface area contributed by atoms with Crippen LogP contribution in [0.2, 0.25) is 0 Å². The summed E-state index contributed by atoms with van der Waals surface area (Å²) in [5, 5.41) is 3.52. The summed E-state index contributed by atoms with van der Waals surface area (Å²) in [5.41, 5.74) is 1.70. The van der Waals surface area contributed by atoms with Gasteiger partial charge in [0, 0.05) is 26.7 Å². The Bertz CT molecular complexity index is 615. The Kier molecular flexibility index (Phi) is 7.85. The Balaban J connectivity index is 0.00000243. The first kappa shape index (κ1) is 21.1. The van der Waals surface area contributed by atoms with Gasteiger partial charge in [-0.05, 0) is 42.4 Å². The molecule has 2 fully saturated rings. The Morgan fingerprint density at radius 1 is 1.12 bits per heavy atom. The molecule has 1 spiro atoms. The predicted octanol–water partition coefficient (Wildman–Crippen LogP) is 4.05. The molecule has 5 nitrogen and oxygen atoms in total. The molecule has 2 aliphatic rings. The number of likely N-dealkylation sites (tertiary alicyclic amines) is 1. The topological polar surface area (TPSA) is 46.1 Å². The number of methoxy groups -OCH3 is 2. The molecule has 0 amide bonds. The summed E-state index contributed by atoms with van der Waals surface area (Å²) < 4.78 is 10.7. The molecule has 1 aromatic carbocycles. The lowest BCUT2D eigenvalue weighted by molar-refractivity contribution is 0.203. The first-order valence-electron chi connectivity index (χ1n) is 9.36. The maximum atomic E-state index is 5.39. The van der Waals surface area contributed by atoms with Gasteiger partial charge < -0.3 is 19.7 Å². The second-order valence-corrected chi connectivity index (χ2v) is 7.32. The third-order valence-electron chi connectivity index (χ3n) is 5.76. The largest absolute Gasteiger partial charge is 0.493 e. The Hall–Kier alpha value is -1.18. The molecule has 0 atom stereocenters. The zero-order valence-corrected chi connectivity index (χ0v) is 18.5. The van der Waals surface area contributed by atoms with Crippen molar-refractivity contribution in [3.63, 3.8) is 0 Å². The third kappa shape index (κ3) is 4.75. The van der Waals surface area contributed by atoms with Crippen LogP contribution in [0.25, 0.3) is 0 Å². The number of aliphatic imine (C=N–C) groups is 1. The molecule has 3 rings (SSSR count). The fourth-order valence-electron chi connectivity index (χ4n) is 4.33. The maximum Gasteiger partial charge on any atom is 0.193 e. The molecule has 1 saturated heterocycles. The molecule has 26 heavy (non-hydrogen) atoms. The number of hydrogen-bond donors (Lipinski definition) is 1. The van der Waals surface area contributed by atoms with Crippen molar-refractivity contribution in [3.8, 4) is 11.5 Å². The van der Waals surface area contributed by atoms with E-state index in [0.717, 1.165) is 42.7 Å². The quantitative estimate of drug-likeness (QED) is 0.407. The van der Waals surface area contributed by atoms with E-state index in [0.29, 0.717) is 5.41 Å². The second kappa shape index (κ2) is 9.67. The third-order valence-corrected chi connectivity index (χ3v) is 5.76. The first-order valence-corrected chi connectivity index (χ1v) is 9.36. The number of hydrogen-bond acceptors (Lipinski definition) is 3. The average molecular weight is 473 g/mol. The average Bonchev–Trinajstić information content (AvgIpc) is 3.05. The van der Waals surface area contributed by atoms with Crippen molar-refractivity contribution in [1.29, 1.82) is 0 Å². The van der Waals surface area contributed by atoms with Crippen LogP contribution in [0.4, 0.5) is 0 Å². The van der Waals surface area contributed by atoms with E-state index in [1.54, 1.807) is 14.2 Å². The smallest absolute Gasteiger partial charge is 0.193 e. The van der Waals surface area contributed by atoms with Crippen LogP contribution < -0.4 is 14.8 Å². The highest BCUT2D eigenvalue weighted by Crippen LogP contribution is 2.43. The van der Waals surface area contributed by atoms with Crippen LogP contribution in [0.3, 0.4) is 0 Å². The van der Waals surface area contributed by atoms with Crippen molar-refractivity contribution in [2.75, 3.05) is 34.4 Å². The zero-order valence-electron chi connectivity index (χ0n) is 16.2. The van der Waals surface area contributed by atoms with Gasteiger partial charge in [0.1, 0.15) is 0 Å². The summed E-state index contributed by atoms with van der Waals surface area (Å²) in [4.78, 5) is 6.95. The van der Waals surface area contributed by atoms with Crippen molar-refractivity contribution >= 4 is 29.9 Å². The maximum absolute atomic E-state index is 5.39. The Labute approximate surface area is 174 Å². The number of nitrogens with one attached hydrogen (secondary N) is 1. The highest BCUT2D eigenvalue weighted by molar-refractivity contribution is 14.0. The van der Waals surface area contributed by atoms with Gasteiger partial charge >= 0.3 is 0 Å². The molecule has 1 aliphatic carbocycles. The Morgan fingerprint density at radius 2 is 1.85 bits per heavy atom. The van der Waals surface area contributed by atoms with Gasteiger partial charge in [0.2, 0.25) is 0 Å². The van der Waals surface area contributed by atoms with Crippen molar-refractivity contribution in [1.82, 2.24) is 10.2 Å². The van der Waals surface area contributed by atoms with Gasteiger partial charge in [-0.2, -0.15) is 0 Å². The lowest BCUT2D eigenvalue weighted by Gasteiger charge is -2.33. The summed E-state index contributed by atoms with van der Waals surface area (Å²) in [7, 11) is 5.21. The van der Waals surface area contributed by atoms with Gasteiger partial charge in [0.25, 0.3) is 0 Å². The molecular formula is C20H32IN3O2. The fourth-order valence-corrected chi connectivity index (χ4v) is 4.33. The standard InChI is InChI=1S/C20H31N3O2.HI/c1-21-19(23-12-11-20(15-23)9-5-4-6-10-20)22-14-16-7-8-17(24-2)18(13-16)25-3;/h7-8,13H,4-6,9-12,14-15H2,1-3H3,(H,21,22);1H. The predicted molar refractivity (Wildman–Crippen MR) is 117 cm³/mol. The van der Waals surface area contributed by atoms with Crippen molar-refractivity contribution in [2.45, 2.75) is 45.1 Å². The van der Waals surface area contributed by atoms with E-state index < -0.39 is 0 Å². The van der Waals surface area contributed by atoms with E-state index in [1.165, 1.54) is 38.5 Å². The second-order valence-electron chi connectivity index (χ2n) is 7.32. The number of guanidine groups is 1. The molecule has 1 aromatic rings. The molecule has 146 valence electrons. The summed E-state index contributed by atoms with van der Waals surface area (Å²) in [6, 6.07) is 6.03. The van der Waals surface area contributed by atoms with Crippen LogP contribution in [-0.2, 0) is 6.54 Å². The Morgan fingerprint density at radius 3 is 2.50 bits per heavy atom. The van der Waals surface area contributed by atoms with Crippen LogP contribution in [0.1, 0.15) is 44.1 Å². The van der Waals surface area contributed by atoms with Crippen LogP contribution in [0, 0.1) is 5.41 Å². The van der Waals surface area contributed by atoms with Gasteiger partial charge in [-0.3, -0.25) is 4.99 Å². The van der Waals surface area contributed by atoms with Gasteiger partial charge in [-0.1, -0.05) is 25.3 Å². The van der Waals surface area contributed by atoms with E-state index in [9.17, 15) is 0 Å². The molecule has 0 radical (unpaired) electrons. The summed E-state index contributed by atoms with van der Waals surface area (Å²) in [6.45, 7) is 3.00. The molecule has 0 aromatic heterocycles. The van der Waals surface area contributed by atoms with Crippen molar-refractivity contribution in [3.05, 3.63) is 23.8 Å². The lowest BCUT2D eigenvalue weighted by Crippen LogP contribution is -2.41. The molecule has 1 aliphatic heterocycles. The highest BCUT2D eigenvalue weighted by atomic mass is 127. The van der Waals surface area contributed by atoms with Crippen LogP contribution in [-0.4, -0.2) is 45.2 Å². The number of ether oxygens (including phenoxy) is 2. The minimum absolute atomic E-state index is 0. The summed E-state index contributed by atoms with van der Waals surface area (Å²) in [6.07, 6.45) is 8.28. The van der Waals surface area contributed by atoms with Gasteiger partial charge in [0.15, 0.2) is 17.5 Å². The minimum Gasteiger partial charge on any atom is -0.493 e. The number of halogens is 1. The number of rotatable bonds is 4. The lowest BCUT2D eigenvalue weighted by atomic mass is 9.73. The minimum atomic E-state index is 0. The normalized spacial score (nSPS) is 19.2. The first-order chi connectivity index (χ1) is 12.2. The number of benzene rings is 1. The fraction of sp³-hybridized carbons (Fsp3) is 0.650. The number of nitrogens with zero attached hydrogens (tertiary/aromatic N) is 2. The molecule has 0 unspecified atom stereocenters. The van der Waals surface area contributed by atoms with E-state index in [2.05, 4.69) is 21.3 Å². The summed E-state index contributed by atoms with van der Waals surface area (Å²) >= 11 is 0. The SMILES string of the molecule is CN=C(NCc1ccc(OC)c(OC)c1)N1CCC2(CCCCC2)C1.I. The highest BCUT2D eigenvalue weighted by Gasteiger charge is 2.39. The monoisotopic (exact) mass is 473 g/mol. The molecule has 1 N–H and O–H groups in total. The molecule has 6 heteroatoms. The van der Waals surface area contributed by atoms with Crippen molar-refractivity contribution in [2.24, 2.45) is 10.4 Å². The van der Waals surface area contributed by atoms with Gasteiger partial charge in [-0.15, -0.1) is 24.0 Å². The van der Waals surface area contributed by atoms with Crippen LogP contribution in [0.15, 0.2) is 23.2 Å². The van der Waals surface area contributed by atoms with Crippen molar-refractivity contribution < 1.29 is 9.47 Å². The van der Waals surface area contributed by atoms with E-state index in [1.807, 2.05) is 19.2 Å². The molecule has 1 saturated carbocycles. The summed E-state index contributed by atoms with van der Waals surface area (Å²) in [5.74, 6) is 2.53. The van der Waals surface area contributed by atoms with Crippen LogP contribution in [0.5, 0.6) is 11.5 Å². The zero-order chi connectivity index (χ0) is 17.7. The van der Waals surface area contributed by atoms with E-state index in [4.69, 9.17) is 9.47 Å². The molecular weight excluding hydrogens is 441 g/mol. The molecule has 0 bridgehead atoms. The van der Waals surface area contributed by atoms with E-state index in [-0.39, 0.29) is 24.0 Å². The van der Waals surface area contributed by atoms with Gasteiger partial charge in [0.05, 0.1) is 14.2 Å². The van der Waals surface area contributed by atoms with E-state index >= 15 is 0 Å². The van der Waals surface area contributed by atoms with Gasteiger partial charge in [-0.25, -0.2) is 0 Å². The molecule has 1 heterocycles.